The first-order valence-electron chi connectivity index (χ1n) is 8.15. The summed E-state index contributed by atoms with van der Waals surface area (Å²) >= 11 is 7.49. The van der Waals surface area contributed by atoms with Gasteiger partial charge in [-0.3, -0.25) is 4.79 Å². The van der Waals surface area contributed by atoms with Gasteiger partial charge >= 0.3 is 0 Å². The molecule has 0 spiro atoms. The number of ether oxygens (including phenoxy) is 1. The van der Waals surface area contributed by atoms with Gasteiger partial charge in [0.1, 0.15) is 16.6 Å². The molecule has 1 aromatic carbocycles. The fraction of sp³-hybridized carbons (Fsp3) is 0.389. The number of nitrogens with zero attached hydrogens (tertiary/aromatic N) is 2. The number of rotatable bonds is 5. The summed E-state index contributed by atoms with van der Waals surface area (Å²) in [7, 11) is 1.56. The Morgan fingerprint density at radius 1 is 1.36 bits per heavy atom. The number of carbonyl (C=O) groups excluding carboxylic acids is 1. The number of methoxy groups -OCH3 is 1. The molecule has 0 bridgehead atoms. The number of nitrogens with one attached hydrogen (secondary N) is 1. The van der Waals surface area contributed by atoms with E-state index in [0.717, 1.165) is 35.8 Å². The van der Waals surface area contributed by atoms with E-state index >= 15 is 0 Å². The van der Waals surface area contributed by atoms with Crippen molar-refractivity contribution in [3.05, 3.63) is 40.3 Å². The van der Waals surface area contributed by atoms with Gasteiger partial charge < -0.3 is 10.1 Å². The molecule has 5 nitrogen and oxygen atoms in total. The zero-order valence-corrected chi connectivity index (χ0v) is 16.0. The van der Waals surface area contributed by atoms with Crippen molar-refractivity contribution >= 4 is 35.0 Å². The molecule has 0 saturated heterocycles. The highest BCUT2D eigenvalue weighted by Gasteiger charge is 2.23. The number of anilines is 1. The lowest BCUT2D eigenvalue weighted by molar-refractivity contribution is -0.115. The first-order chi connectivity index (χ1) is 12.0. The summed E-state index contributed by atoms with van der Waals surface area (Å²) in [5.74, 6) is 1.22. The highest BCUT2D eigenvalue weighted by atomic mass is 35.5. The van der Waals surface area contributed by atoms with E-state index in [2.05, 4.69) is 15.3 Å². The van der Waals surface area contributed by atoms with Crippen molar-refractivity contribution in [3.63, 3.8) is 0 Å². The minimum atomic E-state index is -0.303. The van der Waals surface area contributed by atoms with Gasteiger partial charge in [-0.1, -0.05) is 23.4 Å². The van der Waals surface area contributed by atoms with Gasteiger partial charge in [0.25, 0.3) is 0 Å². The molecule has 132 valence electrons. The number of hydrogen-bond donors (Lipinski definition) is 1. The highest BCUT2D eigenvalue weighted by Crippen LogP contribution is 2.33. The maximum Gasteiger partial charge on any atom is 0.237 e. The van der Waals surface area contributed by atoms with Crippen LogP contribution >= 0.6 is 23.4 Å². The van der Waals surface area contributed by atoms with Crippen molar-refractivity contribution in [2.24, 2.45) is 0 Å². The summed E-state index contributed by atoms with van der Waals surface area (Å²) in [5, 5.41) is 4.05. The van der Waals surface area contributed by atoms with E-state index in [-0.39, 0.29) is 11.2 Å². The standard InChI is InChI=1S/C18H20ClN3O2S/c1-10(17(23)22-15-9-12(19)7-8-16(15)24-3)25-18-13-5-4-6-14(13)20-11(2)21-18/h7-10H,4-6H2,1-3H3,(H,22,23). The van der Waals surface area contributed by atoms with E-state index in [4.69, 9.17) is 16.3 Å². The van der Waals surface area contributed by atoms with Crippen LogP contribution in [0.25, 0.3) is 0 Å². The number of aromatic nitrogens is 2. The fourth-order valence-electron chi connectivity index (χ4n) is 2.85. The van der Waals surface area contributed by atoms with Crippen molar-refractivity contribution < 1.29 is 9.53 Å². The molecule has 1 aliphatic rings. The van der Waals surface area contributed by atoms with Crippen molar-refractivity contribution in [1.29, 1.82) is 0 Å². The second kappa shape index (κ2) is 7.62. The zero-order chi connectivity index (χ0) is 18.0. The number of hydrogen-bond acceptors (Lipinski definition) is 5. The second-order valence-electron chi connectivity index (χ2n) is 5.95. The monoisotopic (exact) mass is 377 g/mol. The number of carbonyl (C=O) groups is 1. The van der Waals surface area contributed by atoms with Crippen LogP contribution in [0.15, 0.2) is 23.2 Å². The highest BCUT2D eigenvalue weighted by molar-refractivity contribution is 8.00. The van der Waals surface area contributed by atoms with Crippen LogP contribution in [0.4, 0.5) is 5.69 Å². The molecule has 2 aromatic rings. The Morgan fingerprint density at radius 2 is 2.16 bits per heavy atom. The van der Waals surface area contributed by atoms with Gasteiger partial charge in [-0.2, -0.15) is 0 Å². The van der Waals surface area contributed by atoms with Crippen LogP contribution in [0, 0.1) is 6.92 Å². The summed E-state index contributed by atoms with van der Waals surface area (Å²) in [6, 6.07) is 5.14. The van der Waals surface area contributed by atoms with E-state index in [1.807, 2.05) is 13.8 Å². The van der Waals surface area contributed by atoms with Crippen LogP contribution in [0.1, 0.15) is 30.4 Å². The summed E-state index contributed by atoms with van der Waals surface area (Å²) in [6.07, 6.45) is 3.07. The third kappa shape index (κ3) is 4.07. The Morgan fingerprint density at radius 3 is 2.92 bits per heavy atom. The molecule has 1 aliphatic carbocycles. The predicted molar refractivity (Wildman–Crippen MR) is 101 cm³/mol. The van der Waals surface area contributed by atoms with Crippen LogP contribution in [0.2, 0.25) is 5.02 Å². The Bertz CT molecular complexity index is 813. The van der Waals surface area contributed by atoms with Gasteiger partial charge in [-0.25, -0.2) is 9.97 Å². The first-order valence-corrected chi connectivity index (χ1v) is 9.41. The van der Waals surface area contributed by atoms with Crippen molar-refractivity contribution in [2.45, 2.75) is 43.4 Å². The van der Waals surface area contributed by atoms with Crippen LogP contribution in [-0.2, 0) is 17.6 Å². The molecule has 3 rings (SSSR count). The first kappa shape index (κ1) is 18.0. The summed E-state index contributed by atoms with van der Waals surface area (Å²) in [4.78, 5) is 21.7. The molecule has 0 saturated carbocycles. The Hall–Kier alpha value is -1.79. The average molecular weight is 378 g/mol. The molecule has 1 heterocycles. The maximum atomic E-state index is 12.6. The number of halogens is 1. The quantitative estimate of drug-likeness (QED) is 0.629. The number of amides is 1. The van der Waals surface area contributed by atoms with Crippen LogP contribution in [0.5, 0.6) is 5.75 Å². The van der Waals surface area contributed by atoms with E-state index in [9.17, 15) is 4.79 Å². The zero-order valence-electron chi connectivity index (χ0n) is 14.4. The second-order valence-corrected chi connectivity index (χ2v) is 7.71. The SMILES string of the molecule is COc1ccc(Cl)cc1NC(=O)C(C)Sc1nc(C)nc2c1CCC2. The number of fused-ring (bicyclic) bond motifs is 1. The lowest BCUT2D eigenvalue weighted by atomic mass is 10.2. The lowest BCUT2D eigenvalue weighted by Crippen LogP contribution is -2.23. The molecule has 0 radical (unpaired) electrons. The van der Waals surface area contributed by atoms with Gasteiger partial charge in [0.2, 0.25) is 5.91 Å². The van der Waals surface area contributed by atoms with Crippen molar-refractivity contribution in [3.8, 4) is 5.75 Å². The molecule has 25 heavy (non-hydrogen) atoms. The third-order valence-electron chi connectivity index (χ3n) is 4.08. The smallest absolute Gasteiger partial charge is 0.237 e. The van der Waals surface area contributed by atoms with Gasteiger partial charge in [0.15, 0.2) is 0 Å². The predicted octanol–water partition coefficient (Wildman–Crippen LogP) is 4.06. The molecular weight excluding hydrogens is 358 g/mol. The molecule has 1 aromatic heterocycles. The van der Waals surface area contributed by atoms with Crippen molar-refractivity contribution in [2.75, 3.05) is 12.4 Å². The minimum Gasteiger partial charge on any atom is -0.495 e. The minimum absolute atomic E-state index is 0.117. The Balaban J connectivity index is 1.75. The van der Waals surface area contributed by atoms with Gasteiger partial charge in [0, 0.05) is 16.3 Å². The van der Waals surface area contributed by atoms with Gasteiger partial charge in [0.05, 0.1) is 18.0 Å². The average Bonchev–Trinajstić information content (AvgIpc) is 3.03. The number of benzene rings is 1. The molecule has 0 aliphatic heterocycles. The van der Waals surface area contributed by atoms with Crippen molar-refractivity contribution in [1.82, 2.24) is 9.97 Å². The summed E-state index contributed by atoms with van der Waals surface area (Å²) in [5.41, 5.74) is 2.88. The van der Waals surface area contributed by atoms with E-state index < -0.39 is 0 Å². The molecule has 1 amide bonds. The molecule has 0 fully saturated rings. The number of aryl methyl sites for hydroxylation is 2. The topological polar surface area (TPSA) is 64.1 Å². The summed E-state index contributed by atoms with van der Waals surface area (Å²) < 4.78 is 5.27. The van der Waals surface area contributed by atoms with E-state index in [1.165, 1.54) is 17.3 Å². The largest absolute Gasteiger partial charge is 0.495 e. The van der Waals surface area contributed by atoms with Gasteiger partial charge in [-0.15, -0.1) is 0 Å². The Kier molecular flexibility index (Phi) is 5.49. The maximum absolute atomic E-state index is 12.6. The third-order valence-corrected chi connectivity index (χ3v) is 5.45. The molecule has 1 atom stereocenters. The van der Waals surface area contributed by atoms with E-state index in [0.29, 0.717) is 16.5 Å². The Labute approximate surface area is 156 Å². The molecule has 1 N–H and O–H groups in total. The van der Waals surface area contributed by atoms with Crippen LogP contribution in [0.3, 0.4) is 0 Å². The van der Waals surface area contributed by atoms with Gasteiger partial charge in [-0.05, 0) is 51.3 Å². The molecule has 1 unspecified atom stereocenters. The summed E-state index contributed by atoms with van der Waals surface area (Å²) in [6.45, 7) is 3.76. The van der Waals surface area contributed by atoms with Crippen LogP contribution < -0.4 is 10.1 Å². The molecular formula is C18H20ClN3O2S. The fourth-order valence-corrected chi connectivity index (χ4v) is 4.07. The lowest BCUT2D eigenvalue weighted by Gasteiger charge is -2.15. The number of thioether (sulfide) groups is 1. The van der Waals surface area contributed by atoms with E-state index in [1.54, 1.807) is 25.3 Å². The normalized spacial score (nSPS) is 14.1. The van der Waals surface area contributed by atoms with Crippen LogP contribution in [-0.4, -0.2) is 28.2 Å². The molecule has 7 heteroatoms.